The third kappa shape index (κ3) is 10.7. The van der Waals surface area contributed by atoms with Crippen LogP contribution in [0.2, 0.25) is 0 Å². The van der Waals surface area contributed by atoms with Crippen molar-refractivity contribution in [3.8, 4) is 22.8 Å². The van der Waals surface area contributed by atoms with Crippen LogP contribution in [-0.4, -0.2) is 18.2 Å². The van der Waals surface area contributed by atoms with Crippen molar-refractivity contribution in [2.24, 2.45) is 5.92 Å². The van der Waals surface area contributed by atoms with E-state index in [-0.39, 0.29) is 0 Å². The van der Waals surface area contributed by atoms with Gasteiger partial charge in [-0.1, -0.05) is 85.0 Å². The van der Waals surface area contributed by atoms with Crippen LogP contribution >= 0.6 is 0 Å². The Balaban J connectivity index is 1.60. The molecule has 1 aromatic carbocycles. The maximum Gasteiger partial charge on any atom is 0.137 e. The molecule has 0 aliphatic rings. The van der Waals surface area contributed by atoms with Crippen molar-refractivity contribution < 1.29 is 9.47 Å². The van der Waals surface area contributed by atoms with Gasteiger partial charge in [-0.25, -0.2) is 0 Å². The summed E-state index contributed by atoms with van der Waals surface area (Å²) in [6.07, 6.45) is 16.4. The van der Waals surface area contributed by atoms with Crippen LogP contribution in [0.1, 0.15) is 91.4 Å². The van der Waals surface area contributed by atoms with Crippen LogP contribution in [0.3, 0.4) is 0 Å². The molecule has 0 saturated carbocycles. The van der Waals surface area contributed by atoms with E-state index in [1.54, 1.807) is 0 Å². The van der Waals surface area contributed by atoms with Gasteiger partial charge in [0.25, 0.3) is 0 Å². The third-order valence-corrected chi connectivity index (χ3v) is 5.88. The molecule has 2 rings (SSSR count). The van der Waals surface area contributed by atoms with E-state index in [0.717, 1.165) is 48.8 Å². The van der Waals surface area contributed by atoms with Gasteiger partial charge in [-0.05, 0) is 48.7 Å². The van der Waals surface area contributed by atoms with Gasteiger partial charge >= 0.3 is 0 Å². The Morgan fingerprint density at radius 2 is 1.32 bits per heavy atom. The fourth-order valence-corrected chi connectivity index (χ4v) is 3.49. The molecule has 0 fully saturated rings. The molecule has 1 atom stereocenters. The summed E-state index contributed by atoms with van der Waals surface area (Å²) in [5.41, 5.74) is 2.05. The zero-order valence-corrected chi connectivity index (χ0v) is 20.1. The summed E-state index contributed by atoms with van der Waals surface area (Å²) in [4.78, 5) is 4.57. The molecule has 0 N–H and O–H groups in total. The van der Waals surface area contributed by atoms with Crippen LogP contribution in [0.15, 0.2) is 42.6 Å². The molecular formula is C28H43NO2. The van der Waals surface area contributed by atoms with E-state index in [2.05, 4.69) is 37.9 Å². The minimum atomic E-state index is 0.578. The topological polar surface area (TPSA) is 31.4 Å². The second kappa shape index (κ2) is 15.7. The molecule has 0 saturated heterocycles. The Kier molecular flexibility index (Phi) is 12.8. The second-order valence-electron chi connectivity index (χ2n) is 8.76. The van der Waals surface area contributed by atoms with Crippen molar-refractivity contribution in [2.45, 2.75) is 91.4 Å². The summed E-state index contributed by atoms with van der Waals surface area (Å²) in [5, 5.41) is 0. The van der Waals surface area contributed by atoms with Crippen LogP contribution in [0.25, 0.3) is 11.3 Å². The number of hydrogen-bond acceptors (Lipinski definition) is 3. The number of aromatic nitrogens is 1. The summed E-state index contributed by atoms with van der Waals surface area (Å²) < 4.78 is 11.7. The number of hydrogen-bond donors (Lipinski definition) is 0. The Morgan fingerprint density at radius 1 is 0.710 bits per heavy atom. The Labute approximate surface area is 190 Å². The minimum absolute atomic E-state index is 0.578. The number of ether oxygens (including phenoxy) is 2. The molecule has 3 nitrogen and oxygen atoms in total. The van der Waals surface area contributed by atoms with Crippen LogP contribution in [0.5, 0.6) is 11.5 Å². The molecule has 0 amide bonds. The molecule has 0 spiro atoms. The Hall–Kier alpha value is -2.03. The molecule has 31 heavy (non-hydrogen) atoms. The van der Waals surface area contributed by atoms with Crippen LogP contribution in [0, 0.1) is 5.92 Å². The van der Waals surface area contributed by atoms with Gasteiger partial charge in [0.15, 0.2) is 0 Å². The van der Waals surface area contributed by atoms with Crippen molar-refractivity contribution in [2.75, 3.05) is 13.2 Å². The summed E-state index contributed by atoms with van der Waals surface area (Å²) in [5.74, 6) is 2.35. The maximum absolute atomic E-state index is 5.87. The van der Waals surface area contributed by atoms with E-state index in [0.29, 0.717) is 5.92 Å². The van der Waals surface area contributed by atoms with Gasteiger partial charge in [-0.15, -0.1) is 0 Å². The van der Waals surface area contributed by atoms with Gasteiger partial charge in [-0.2, -0.15) is 0 Å². The SMILES string of the molecule is CCCCCCCCCCCCOc1ccc(-c2ccc(OCC(C)CC)cc2)nc1. The van der Waals surface area contributed by atoms with Crippen molar-refractivity contribution in [3.63, 3.8) is 0 Å². The average Bonchev–Trinajstić information content (AvgIpc) is 2.81. The normalized spacial score (nSPS) is 12.0. The molecule has 0 aliphatic carbocycles. The van der Waals surface area contributed by atoms with Gasteiger partial charge in [0.1, 0.15) is 11.5 Å². The first-order chi connectivity index (χ1) is 15.2. The minimum Gasteiger partial charge on any atom is -0.493 e. The lowest BCUT2D eigenvalue weighted by molar-refractivity contribution is 0.256. The predicted molar refractivity (Wildman–Crippen MR) is 132 cm³/mol. The van der Waals surface area contributed by atoms with Crippen molar-refractivity contribution in [1.82, 2.24) is 4.98 Å². The lowest BCUT2D eigenvalue weighted by Gasteiger charge is -2.11. The van der Waals surface area contributed by atoms with E-state index in [1.165, 1.54) is 57.8 Å². The van der Waals surface area contributed by atoms with Gasteiger partial charge in [0.05, 0.1) is 25.1 Å². The van der Waals surface area contributed by atoms with Gasteiger partial charge in [0.2, 0.25) is 0 Å². The maximum atomic E-state index is 5.87. The monoisotopic (exact) mass is 425 g/mol. The average molecular weight is 426 g/mol. The highest BCUT2D eigenvalue weighted by Gasteiger charge is 2.04. The number of unbranched alkanes of at least 4 members (excludes halogenated alkanes) is 9. The molecule has 3 heteroatoms. The standard InChI is InChI=1S/C28H43NO2/c1-4-6-7-8-9-10-11-12-13-14-21-30-27-19-20-28(29-22-27)25-15-17-26(18-16-25)31-23-24(3)5-2/h15-20,22,24H,4-14,21,23H2,1-3H3. The van der Waals surface area contributed by atoms with Crippen LogP contribution in [0.4, 0.5) is 0 Å². The van der Waals surface area contributed by atoms with Crippen molar-refractivity contribution in [1.29, 1.82) is 0 Å². The molecule has 1 aromatic heterocycles. The van der Waals surface area contributed by atoms with E-state index >= 15 is 0 Å². The highest BCUT2D eigenvalue weighted by molar-refractivity contribution is 5.60. The summed E-state index contributed by atoms with van der Waals surface area (Å²) in [6, 6.07) is 12.2. The number of nitrogens with zero attached hydrogens (tertiary/aromatic N) is 1. The number of pyridine rings is 1. The molecule has 0 bridgehead atoms. The predicted octanol–water partition coefficient (Wildman–Crippen LogP) is 8.47. The zero-order chi connectivity index (χ0) is 22.2. The first kappa shape index (κ1) is 25.2. The molecule has 0 radical (unpaired) electrons. The van der Waals surface area contributed by atoms with Crippen LogP contribution < -0.4 is 9.47 Å². The fraction of sp³-hybridized carbons (Fsp3) is 0.607. The van der Waals surface area contributed by atoms with E-state index < -0.39 is 0 Å². The van der Waals surface area contributed by atoms with Crippen molar-refractivity contribution in [3.05, 3.63) is 42.6 Å². The quantitative estimate of drug-likeness (QED) is 0.238. The Bertz CT molecular complexity index is 681. The van der Waals surface area contributed by atoms with Gasteiger partial charge in [-0.3, -0.25) is 4.98 Å². The fourth-order valence-electron chi connectivity index (χ4n) is 3.49. The summed E-state index contributed by atoms with van der Waals surface area (Å²) in [7, 11) is 0. The molecule has 172 valence electrons. The van der Waals surface area contributed by atoms with E-state index in [1.807, 2.05) is 30.5 Å². The summed E-state index contributed by atoms with van der Waals surface area (Å²) >= 11 is 0. The van der Waals surface area contributed by atoms with E-state index in [4.69, 9.17) is 9.47 Å². The van der Waals surface area contributed by atoms with Gasteiger partial charge in [0, 0.05) is 5.56 Å². The Morgan fingerprint density at radius 3 is 1.90 bits per heavy atom. The van der Waals surface area contributed by atoms with Gasteiger partial charge < -0.3 is 9.47 Å². The summed E-state index contributed by atoms with van der Waals surface area (Å²) in [6.45, 7) is 8.21. The first-order valence-electron chi connectivity index (χ1n) is 12.5. The molecule has 1 heterocycles. The highest BCUT2D eigenvalue weighted by atomic mass is 16.5. The first-order valence-corrected chi connectivity index (χ1v) is 12.5. The highest BCUT2D eigenvalue weighted by Crippen LogP contribution is 2.23. The smallest absolute Gasteiger partial charge is 0.137 e. The van der Waals surface area contributed by atoms with E-state index in [9.17, 15) is 0 Å². The third-order valence-electron chi connectivity index (χ3n) is 5.88. The lowest BCUT2D eigenvalue weighted by Crippen LogP contribution is -2.06. The number of benzene rings is 1. The zero-order valence-electron chi connectivity index (χ0n) is 20.1. The number of rotatable bonds is 17. The molecule has 0 aliphatic heterocycles. The molecule has 2 aromatic rings. The second-order valence-corrected chi connectivity index (χ2v) is 8.76. The van der Waals surface area contributed by atoms with Crippen molar-refractivity contribution >= 4 is 0 Å². The molecule has 1 unspecified atom stereocenters. The lowest BCUT2D eigenvalue weighted by atomic mass is 10.1. The molecular weight excluding hydrogens is 382 g/mol. The largest absolute Gasteiger partial charge is 0.493 e. The van der Waals surface area contributed by atoms with Crippen LogP contribution in [-0.2, 0) is 0 Å².